The topological polar surface area (TPSA) is 37.4 Å². The Morgan fingerprint density at radius 1 is 1.04 bits per heavy atom. The molecule has 2 aromatic rings. The van der Waals surface area contributed by atoms with E-state index in [1.54, 1.807) is 12.1 Å². The van der Waals surface area contributed by atoms with Gasteiger partial charge in [0.2, 0.25) is 10.0 Å². The first-order valence-corrected chi connectivity index (χ1v) is 9.40. The van der Waals surface area contributed by atoms with Crippen molar-refractivity contribution in [2.75, 3.05) is 13.1 Å². The summed E-state index contributed by atoms with van der Waals surface area (Å²) >= 11 is 0. The molecule has 2 aromatic carbocycles. The van der Waals surface area contributed by atoms with Crippen LogP contribution in [0, 0.1) is 6.92 Å². The molecule has 0 saturated carbocycles. The van der Waals surface area contributed by atoms with Crippen molar-refractivity contribution in [1.82, 2.24) is 4.31 Å². The summed E-state index contributed by atoms with van der Waals surface area (Å²) in [5.41, 5.74) is 4.37. The van der Waals surface area contributed by atoms with Crippen LogP contribution in [-0.4, -0.2) is 25.8 Å². The molecule has 0 radical (unpaired) electrons. The van der Waals surface area contributed by atoms with Crippen LogP contribution in [0.2, 0.25) is 0 Å². The summed E-state index contributed by atoms with van der Waals surface area (Å²) in [4.78, 5) is 0.353. The van der Waals surface area contributed by atoms with Crippen molar-refractivity contribution >= 4 is 15.6 Å². The van der Waals surface area contributed by atoms with Crippen molar-refractivity contribution in [1.29, 1.82) is 0 Å². The fourth-order valence-electron chi connectivity index (χ4n) is 2.76. The average molecular weight is 339 g/mol. The summed E-state index contributed by atoms with van der Waals surface area (Å²) in [6, 6.07) is 17.1. The third kappa shape index (κ3) is 3.50. The highest BCUT2D eigenvalue weighted by Gasteiger charge is 2.27. The van der Waals surface area contributed by atoms with E-state index in [9.17, 15) is 8.42 Å². The predicted molar refractivity (Wildman–Crippen MR) is 98.1 cm³/mol. The largest absolute Gasteiger partial charge is 0.243 e. The molecule has 0 amide bonds. The van der Waals surface area contributed by atoms with Crippen LogP contribution in [0.5, 0.6) is 0 Å². The maximum Gasteiger partial charge on any atom is 0.243 e. The van der Waals surface area contributed by atoms with Crippen LogP contribution >= 0.6 is 0 Å². The molecule has 1 aliphatic heterocycles. The smallest absolute Gasteiger partial charge is 0.207 e. The molecule has 1 aliphatic rings. The number of nitrogens with zero attached hydrogens (tertiary/aromatic N) is 1. The highest BCUT2D eigenvalue weighted by atomic mass is 32.2. The molecule has 0 bridgehead atoms. The Morgan fingerprint density at radius 2 is 1.71 bits per heavy atom. The van der Waals surface area contributed by atoms with Gasteiger partial charge in [0, 0.05) is 13.1 Å². The van der Waals surface area contributed by atoms with Crippen molar-refractivity contribution in [2.45, 2.75) is 18.7 Å². The third-order valence-corrected chi connectivity index (χ3v) is 6.03. The second-order valence-electron chi connectivity index (χ2n) is 6.08. The summed E-state index contributed by atoms with van der Waals surface area (Å²) in [7, 11) is -3.44. The molecule has 0 atom stereocenters. The van der Waals surface area contributed by atoms with Gasteiger partial charge in [-0.1, -0.05) is 60.2 Å². The molecule has 3 rings (SSSR count). The molecular weight excluding hydrogens is 318 g/mol. The van der Waals surface area contributed by atoms with Gasteiger partial charge < -0.3 is 0 Å². The summed E-state index contributed by atoms with van der Waals surface area (Å²) in [5.74, 6) is 0. The van der Waals surface area contributed by atoms with Crippen molar-refractivity contribution in [2.24, 2.45) is 0 Å². The van der Waals surface area contributed by atoms with Gasteiger partial charge in [0.05, 0.1) is 4.90 Å². The van der Waals surface area contributed by atoms with E-state index in [2.05, 4.69) is 18.2 Å². The molecule has 0 N–H and O–H groups in total. The predicted octanol–water partition coefficient (Wildman–Crippen LogP) is 4.03. The van der Waals surface area contributed by atoms with Crippen molar-refractivity contribution in [3.8, 4) is 0 Å². The van der Waals surface area contributed by atoms with Gasteiger partial charge in [-0.3, -0.25) is 0 Å². The van der Waals surface area contributed by atoms with Crippen LogP contribution in [0.25, 0.3) is 5.57 Å². The van der Waals surface area contributed by atoms with Gasteiger partial charge in [-0.25, -0.2) is 8.42 Å². The SMILES string of the molecule is C/C(=C\C1=CCN(S(=O)(=O)c2ccc(C)cc2)C1)c1ccccc1. The number of rotatable bonds is 4. The van der Waals surface area contributed by atoms with Gasteiger partial charge in [-0.2, -0.15) is 4.31 Å². The molecule has 0 aliphatic carbocycles. The molecule has 0 aromatic heterocycles. The molecule has 0 saturated heterocycles. The van der Waals surface area contributed by atoms with Crippen LogP contribution in [0.3, 0.4) is 0 Å². The molecule has 124 valence electrons. The maximum atomic E-state index is 12.7. The lowest BCUT2D eigenvalue weighted by atomic mass is 10.1. The van der Waals surface area contributed by atoms with E-state index in [0.29, 0.717) is 18.0 Å². The Kier molecular flexibility index (Phi) is 4.69. The second kappa shape index (κ2) is 6.75. The van der Waals surface area contributed by atoms with Crippen LogP contribution in [0.15, 0.2) is 77.2 Å². The first kappa shape index (κ1) is 16.7. The minimum atomic E-state index is -3.44. The average Bonchev–Trinajstić information content (AvgIpc) is 3.05. The van der Waals surface area contributed by atoms with E-state index in [-0.39, 0.29) is 0 Å². The fraction of sp³-hybridized carbons (Fsp3) is 0.200. The summed E-state index contributed by atoms with van der Waals surface area (Å²) < 4.78 is 27.0. The van der Waals surface area contributed by atoms with Gasteiger partial charge >= 0.3 is 0 Å². The van der Waals surface area contributed by atoms with E-state index >= 15 is 0 Å². The van der Waals surface area contributed by atoms with Crippen molar-refractivity contribution in [3.63, 3.8) is 0 Å². The van der Waals surface area contributed by atoms with Gasteiger partial charge in [0.1, 0.15) is 0 Å². The lowest BCUT2D eigenvalue weighted by Crippen LogP contribution is -2.29. The number of hydrogen-bond donors (Lipinski definition) is 0. The zero-order chi connectivity index (χ0) is 17.2. The minimum Gasteiger partial charge on any atom is -0.207 e. The van der Waals surface area contributed by atoms with Crippen LogP contribution in [0.1, 0.15) is 18.1 Å². The first-order valence-electron chi connectivity index (χ1n) is 7.96. The Bertz CT molecular complexity index is 879. The molecule has 0 fully saturated rings. The van der Waals surface area contributed by atoms with Gasteiger partial charge in [-0.05, 0) is 42.7 Å². The number of hydrogen-bond acceptors (Lipinski definition) is 2. The standard InChI is InChI=1S/C20H21NO2S/c1-16-8-10-20(11-9-16)24(22,23)21-13-12-18(15-21)14-17(2)19-6-4-3-5-7-19/h3-12,14H,13,15H2,1-2H3/b17-14+. The van der Waals surface area contributed by atoms with E-state index < -0.39 is 10.0 Å². The lowest BCUT2D eigenvalue weighted by Gasteiger charge is -2.16. The summed E-state index contributed by atoms with van der Waals surface area (Å²) in [5, 5.41) is 0. The monoisotopic (exact) mass is 339 g/mol. The van der Waals surface area contributed by atoms with E-state index in [0.717, 1.165) is 22.3 Å². The zero-order valence-corrected chi connectivity index (χ0v) is 14.8. The van der Waals surface area contributed by atoms with Gasteiger partial charge in [0.25, 0.3) is 0 Å². The molecule has 4 heteroatoms. The Balaban J connectivity index is 1.76. The van der Waals surface area contributed by atoms with Crippen molar-refractivity contribution < 1.29 is 8.42 Å². The molecule has 0 unspecified atom stereocenters. The third-order valence-electron chi connectivity index (χ3n) is 4.21. The Labute approximate surface area is 144 Å². The molecule has 1 heterocycles. The van der Waals surface area contributed by atoms with Gasteiger partial charge in [0.15, 0.2) is 0 Å². The molecule has 0 spiro atoms. The number of allylic oxidation sites excluding steroid dienone is 1. The number of benzene rings is 2. The Morgan fingerprint density at radius 3 is 2.38 bits per heavy atom. The Hall–Kier alpha value is -2.17. The molecule has 24 heavy (non-hydrogen) atoms. The van der Waals surface area contributed by atoms with Crippen LogP contribution in [0.4, 0.5) is 0 Å². The number of sulfonamides is 1. The summed E-state index contributed by atoms with van der Waals surface area (Å²) in [6.07, 6.45) is 4.05. The van der Waals surface area contributed by atoms with Crippen molar-refractivity contribution in [3.05, 3.63) is 83.4 Å². The van der Waals surface area contributed by atoms with E-state index in [4.69, 9.17) is 0 Å². The van der Waals surface area contributed by atoms with E-state index in [1.807, 2.05) is 50.3 Å². The summed E-state index contributed by atoms with van der Waals surface area (Å²) in [6.45, 7) is 4.83. The highest BCUT2D eigenvalue weighted by Crippen LogP contribution is 2.24. The zero-order valence-electron chi connectivity index (χ0n) is 13.9. The van der Waals surface area contributed by atoms with Crippen LogP contribution < -0.4 is 0 Å². The number of aryl methyl sites for hydroxylation is 1. The first-order chi connectivity index (χ1) is 11.5. The quantitative estimate of drug-likeness (QED) is 0.843. The van der Waals surface area contributed by atoms with E-state index in [1.165, 1.54) is 4.31 Å². The maximum absolute atomic E-state index is 12.7. The van der Waals surface area contributed by atoms with Gasteiger partial charge in [-0.15, -0.1) is 0 Å². The fourth-order valence-corrected chi connectivity index (χ4v) is 4.13. The normalized spacial score (nSPS) is 16.2. The highest BCUT2D eigenvalue weighted by molar-refractivity contribution is 7.89. The molecular formula is C20H21NO2S. The second-order valence-corrected chi connectivity index (χ2v) is 8.02. The lowest BCUT2D eigenvalue weighted by molar-refractivity contribution is 0.485. The molecule has 3 nitrogen and oxygen atoms in total. The minimum absolute atomic E-state index is 0.353. The van der Waals surface area contributed by atoms with Crippen LogP contribution in [-0.2, 0) is 10.0 Å².